The lowest BCUT2D eigenvalue weighted by Gasteiger charge is -2.08. The lowest BCUT2D eigenvalue weighted by atomic mass is 10.2. The molecule has 0 spiro atoms. The molecular formula is C16H19N3O4S. The molecule has 24 heavy (non-hydrogen) atoms. The molecule has 0 aliphatic carbocycles. The summed E-state index contributed by atoms with van der Waals surface area (Å²) in [5, 5.41) is 2.55. The van der Waals surface area contributed by atoms with Gasteiger partial charge in [-0.1, -0.05) is 12.1 Å². The average molecular weight is 349 g/mol. The summed E-state index contributed by atoms with van der Waals surface area (Å²) < 4.78 is 31.6. The molecule has 128 valence electrons. The van der Waals surface area contributed by atoms with Gasteiger partial charge in [0.25, 0.3) is 0 Å². The van der Waals surface area contributed by atoms with Crippen molar-refractivity contribution in [1.82, 2.24) is 9.71 Å². The number of aromatic nitrogens is 1. The highest BCUT2D eigenvalue weighted by Crippen LogP contribution is 2.13. The van der Waals surface area contributed by atoms with Gasteiger partial charge in [-0.05, 0) is 36.8 Å². The van der Waals surface area contributed by atoms with Crippen LogP contribution in [0.4, 0.5) is 5.69 Å². The molecule has 0 aliphatic heterocycles. The maximum Gasteiger partial charge on any atom is 0.239 e. The second-order valence-electron chi connectivity index (χ2n) is 4.95. The number of anilines is 1. The normalized spacial score (nSPS) is 11.0. The second-order valence-corrected chi connectivity index (χ2v) is 6.75. The van der Waals surface area contributed by atoms with Gasteiger partial charge < -0.3 is 10.1 Å². The molecule has 0 unspecified atom stereocenters. The molecule has 0 saturated carbocycles. The predicted molar refractivity (Wildman–Crippen MR) is 91.1 cm³/mol. The van der Waals surface area contributed by atoms with Crippen molar-refractivity contribution in [3.8, 4) is 5.75 Å². The summed E-state index contributed by atoms with van der Waals surface area (Å²) in [5.74, 6) is 0.0141. The molecule has 8 heteroatoms. The van der Waals surface area contributed by atoms with Gasteiger partial charge in [-0.15, -0.1) is 0 Å². The number of nitrogens with one attached hydrogen (secondary N) is 2. The molecule has 0 aliphatic rings. The topological polar surface area (TPSA) is 97.4 Å². The Morgan fingerprint density at radius 3 is 2.58 bits per heavy atom. The van der Waals surface area contributed by atoms with E-state index in [4.69, 9.17) is 4.74 Å². The zero-order valence-corrected chi connectivity index (χ0v) is 14.0. The van der Waals surface area contributed by atoms with Crippen LogP contribution in [0.15, 0.2) is 48.8 Å². The number of hydrogen-bond acceptors (Lipinski definition) is 5. The Morgan fingerprint density at radius 2 is 1.96 bits per heavy atom. The Hall–Kier alpha value is -2.45. The Labute approximate surface area is 141 Å². The van der Waals surface area contributed by atoms with Crippen LogP contribution in [0, 0.1) is 0 Å². The summed E-state index contributed by atoms with van der Waals surface area (Å²) in [4.78, 5) is 15.6. The summed E-state index contributed by atoms with van der Waals surface area (Å²) in [6.45, 7) is 2.08. The number of hydrogen-bond donors (Lipinski definition) is 2. The minimum Gasteiger partial charge on any atom is -0.494 e. The highest BCUT2D eigenvalue weighted by Gasteiger charge is 2.13. The van der Waals surface area contributed by atoms with Crippen molar-refractivity contribution in [3.05, 3.63) is 54.4 Å². The van der Waals surface area contributed by atoms with Crippen molar-refractivity contribution < 1.29 is 17.9 Å². The summed E-state index contributed by atoms with van der Waals surface area (Å²) in [5.41, 5.74) is 1.12. The van der Waals surface area contributed by atoms with Crippen molar-refractivity contribution >= 4 is 21.6 Å². The first-order valence-corrected chi connectivity index (χ1v) is 9.02. The van der Waals surface area contributed by atoms with Crippen LogP contribution in [0.25, 0.3) is 0 Å². The molecule has 2 rings (SSSR count). The average Bonchev–Trinajstić information content (AvgIpc) is 2.56. The van der Waals surface area contributed by atoms with E-state index in [9.17, 15) is 13.2 Å². The van der Waals surface area contributed by atoms with E-state index >= 15 is 0 Å². The third-order valence-corrected chi connectivity index (χ3v) is 4.29. The molecule has 2 N–H and O–H groups in total. The van der Waals surface area contributed by atoms with Crippen LogP contribution in [-0.2, 0) is 20.6 Å². The number of sulfonamides is 1. The van der Waals surface area contributed by atoms with E-state index in [1.807, 2.05) is 6.92 Å². The van der Waals surface area contributed by atoms with Gasteiger partial charge in [-0.2, -0.15) is 0 Å². The summed E-state index contributed by atoms with van der Waals surface area (Å²) in [6.07, 6.45) is 3.06. The van der Waals surface area contributed by atoms with E-state index < -0.39 is 15.9 Å². The fraction of sp³-hybridized carbons (Fsp3) is 0.250. The van der Waals surface area contributed by atoms with Gasteiger partial charge in [-0.25, -0.2) is 13.1 Å². The highest BCUT2D eigenvalue weighted by atomic mass is 32.2. The van der Waals surface area contributed by atoms with E-state index in [0.29, 0.717) is 23.6 Å². The van der Waals surface area contributed by atoms with Crippen LogP contribution in [0.2, 0.25) is 0 Å². The zero-order chi connectivity index (χ0) is 17.4. The first kappa shape index (κ1) is 17.9. The third-order valence-electron chi connectivity index (χ3n) is 2.99. The number of pyridine rings is 1. The van der Waals surface area contributed by atoms with Crippen molar-refractivity contribution in [2.24, 2.45) is 0 Å². The number of carbonyl (C=O) groups is 1. The molecule has 0 saturated heterocycles. The van der Waals surface area contributed by atoms with Crippen LogP contribution < -0.4 is 14.8 Å². The molecule has 0 fully saturated rings. The largest absolute Gasteiger partial charge is 0.494 e. The zero-order valence-electron chi connectivity index (χ0n) is 13.2. The van der Waals surface area contributed by atoms with Gasteiger partial charge in [0.1, 0.15) is 5.75 Å². The van der Waals surface area contributed by atoms with Crippen molar-refractivity contribution in [2.75, 3.05) is 18.5 Å². The van der Waals surface area contributed by atoms with Gasteiger partial charge in [0.15, 0.2) is 0 Å². The molecule has 0 atom stereocenters. The summed E-state index contributed by atoms with van der Waals surface area (Å²) in [6, 6.07) is 10.1. The molecule has 1 heterocycles. The number of nitrogens with zero attached hydrogens (tertiary/aromatic N) is 1. The second kappa shape index (κ2) is 8.42. The number of benzene rings is 1. The molecule has 0 bridgehead atoms. The van der Waals surface area contributed by atoms with Gasteiger partial charge >= 0.3 is 0 Å². The molecule has 0 radical (unpaired) electrons. The van der Waals surface area contributed by atoms with E-state index in [1.54, 1.807) is 42.6 Å². The van der Waals surface area contributed by atoms with Crippen LogP contribution in [0.3, 0.4) is 0 Å². The fourth-order valence-corrected chi connectivity index (χ4v) is 3.02. The summed E-state index contributed by atoms with van der Waals surface area (Å²) >= 11 is 0. The molecule has 2 aromatic rings. The maximum absolute atomic E-state index is 12.0. The Kier molecular flexibility index (Phi) is 6.28. The summed E-state index contributed by atoms with van der Waals surface area (Å²) in [7, 11) is -3.61. The quantitative estimate of drug-likeness (QED) is 0.753. The molecule has 1 amide bonds. The lowest BCUT2D eigenvalue weighted by molar-refractivity contribution is -0.115. The first-order valence-electron chi connectivity index (χ1n) is 7.37. The van der Waals surface area contributed by atoms with E-state index in [1.165, 1.54) is 6.20 Å². The third kappa shape index (κ3) is 5.98. The van der Waals surface area contributed by atoms with Gasteiger partial charge in [-0.3, -0.25) is 9.78 Å². The monoisotopic (exact) mass is 349 g/mol. The lowest BCUT2D eigenvalue weighted by Crippen LogP contribution is -2.33. The van der Waals surface area contributed by atoms with E-state index in [2.05, 4.69) is 15.0 Å². The van der Waals surface area contributed by atoms with Gasteiger partial charge in [0.2, 0.25) is 15.9 Å². The first-order chi connectivity index (χ1) is 11.5. The number of amides is 1. The number of carbonyl (C=O) groups excluding carboxylic acids is 1. The van der Waals surface area contributed by atoms with E-state index in [-0.39, 0.29) is 12.3 Å². The number of ether oxygens (including phenoxy) is 1. The predicted octanol–water partition coefficient (Wildman–Crippen LogP) is 1.54. The van der Waals surface area contributed by atoms with E-state index in [0.717, 1.165) is 0 Å². The molecule has 7 nitrogen and oxygen atoms in total. The van der Waals surface area contributed by atoms with Crippen LogP contribution in [0.1, 0.15) is 12.5 Å². The van der Waals surface area contributed by atoms with Crippen molar-refractivity contribution in [3.63, 3.8) is 0 Å². The maximum atomic E-state index is 12.0. The minimum absolute atomic E-state index is 0.209. The SMILES string of the molecule is CCOc1ccc(CS(=O)(=O)NCC(=O)Nc2cccnc2)cc1. The van der Waals surface area contributed by atoms with Gasteiger partial charge in [0, 0.05) is 6.20 Å². The molecule has 1 aromatic carbocycles. The fourth-order valence-electron chi connectivity index (χ4n) is 1.94. The van der Waals surface area contributed by atoms with Crippen molar-refractivity contribution in [1.29, 1.82) is 0 Å². The minimum atomic E-state index is -3.61. The van der Waals surface area contributed by atoms with Crippen LogP contribution in [-0.4, -0.2) is 32.5 Å². The Bertz CT molecular complexity index is 762. The van der Waals surface area contributed by atoms with Crippen LogP contribution in [0.5, 0.6) is 5.75 Å². The Morgan fingerprint density at radius 1 is 1.21 bits per heavy atom. The van der Waals surface area contributed by atoms with Crippen LogP contribution >= 0.6 is 0 Å². The standard InChI is InChI=1S/C16H19N3O4S/c1-2-23-15-7-5-13(6-8-15)12-24(21,22)18-11-16(20)19-14-4-3-9-17-10-14/h3-10,18H,2,11-12H2,1H3,(H,19,20). The molecule has 1 aromatic heterocycles. The van der Waals surface area contributed by atoms with Gasteiger partial charge in [0.05, 0.1) is 30.8 Å². The smallest absolute Gasteiger partial charge is 0.239 e. The number of rotatable bonds is 8. The highest BCUT2D eigenvalue weighted by molar-refractivity contribution is 7.88. The molecular weight excluding hydrogens is 330 g/mol. The Balaban J connectivity index is 1.85. The van der Waals surface area contributed by atoms with Crippen molar-refractivity contribution in [2.45, 2.75) is 12.7 Å².